The molecule has 1 aliphatic rings. The molecule has 1 fully saturated rings. The van der Waals surface area contributed by atoms with Crippen molar-refractivity contribution in [3.05, 3.63) is 64.7 Å². The summed E-state index contributed by atoms with van der Waals surface area (Å²) in [4.78, 5) is 14.2. The van der Waals surface area contributed by atoms with Crippen molar-refractivity contribution < 1.29 is 9.53 Å². The minimum Gasteiger partial charge on any atom is -0.461 e. The van der Waals surface area contributed by atoms with Crippen LogP contribution >= 0.6 is 22.7 Å². The molecular weight excluding hydrogens is 546 g/mol. The van der Waals surface area contributed by atoms with Crippen LogP contribution in [0.1, 0.15) is 40.7 Å². The van der Waals surface area contributed by atoms with Gasteiger partial charge in [0.15, 0.2) is 0 Å². The Balaban J connectivity index is 1.10. The number of esters is 1. The second-order valence-electron chi connectivity index (χ2n) is 9.27. The molecule has 2 aromatic carbocycles. The average molecular weight is 580 g/mol. The van der Waals surface area contributed by atoms with Gasteiger partial charge in [0.25, 0.3) is 0 Å². The monoisotopic (exact) mass is 579 g/mol. The Kier molecular flexibility index (Phi) is 8.71. The molecule has 4 aromatic rings. The first-order chi connectivity index (χ1) is 19.5. The topological polar surface area (TPSA) is 128 Å². The van der Waals surface area contributed by atoms with E-state index in [-0.39, 0.29) is 5.01 Å². The minimum atomic E-state index is -0.477. The Bertz CT molecular complexity index is 1450. The van der Waals surface area contributed by atoms with Crippen molar-refractivity contribution in [3.8, 4) is 0 Å². The molecule has 1 saturated heterocycles. The Morgan fingerprint density at radius 3 is 2.12 bits per heavy atom. The van der Waals surface area contributed by atoms with Gasteiger partial charge in [-0.15, -0.1) is 10.2 Å². The van der Waals surface area contributed by atoms with E-state index in [0.717, 1.165) is 63.3 Å². The normalized spacial score (nSPS) is 12.6. The molecule has 0 radical (unpaired) electrons. The summed E-state index contributed by atoms with van der Waals surface area (Å²) in [5.74, 6) is -0.477. The van der Waals surface area contributed by atoms with Crippen LogP contribution in [0.25, 0.3) is 0 Å². The second kappa shape index (κ2) is 12.7. The molecule has 6 N–H and O–H groups in total. The summed E-state index contributed by atoms with van der Waals surface area (Å²) in [5, 5.41) is 10.9. The Morgan fingerprint density at radius 1 is 0.825 bits per heavy atom. The average Bonchev–Trinajstić information content (AvgIpc) is 3.73. The van der Waals surface area contributed by atoms with Crippen LogP contribution < -0.4 is 37.5 Å². The smallest absolute Gasteiger partial charge is 0.369 e. The van der Waals surface area contributed by atoms with Gasteiger partial charge < -0.3 is 25.9 Å². The van der Waals surface area contributed by atoms with E-state index >= 15 is 0 Å². The van der Waals surface area contributed by atoms with E-state index in [1.807, 2.05) is 37.3 Å². The van der Waals surface area contributed by atoms with Crippen molar-refractivity contribution in [1.82, 2.24) is 10.2 Å². The summed E-state index contributed by atoms with van der Waals surface area (Å²) < 4.78 is 4.95. The molecule has 210 valence electrons. The fourth-order valence-corrected chi connectivity index (χ4v) is 5.71. The molecule has 0 bridgehead atoms. The molecule has 2 aromatic heterocycles. The number of aromatic nitrogens is 2. The van der Waals surface area contributed by atoms with Crippen molar-refractivity contribution in [2.45, 2.75) is 33.6 Å². The largest absolute Gasteiger partial charge is 0.461 e. The van der Waals surface area contributed by atoms with E-state index in [1.54, 1.807) is 18.3 Å². The van der Waals surface area contributed by atoms with Gasteiger partial charge in [0.05, 0.1) is 34.4 Å². The molecule has 3 heterocycles. The molecule has 13 heteroatoms. The van der Waals surface area contributed by atoms with Crippen LogP contribution in [-0.4, -0.2) is 35.9 Å². The first-order valence-electron chi connectivity index (χ1n) is 13.1. The van der Waals surface area contributed by atoms with Crippen LogP contribution in [0.15, 0.2) is 48.5 Å². The Labute approximate surface area is 241 Å². The third kappa shape index (κ3) is 6.85. The number of hydrogen-bond acceptors (Lipinski definition) is 13. The van der Waals surface area contributed by atoms with Gasteiger partial charge in [-0.2, -0.15) is 0 Å². The number of rotatable bonds is 12. The zero-order chi connectivity index (χ0) is 27.9. The van der Waals surface area contributed by atoms with E-state index in [9.17, 15) is 4.79 Å². The lowest BCUT2D eigenvalue weighted by atomic mass is 10.2. The lowest BCUT2D eigenvalue weighted by molar-refractivity contribution is 0.0525. The van der Waals surface area contributed by atoms with E-state index < -0.39 is 5.97 Å². The number of aryl methyl sites for hydroxylation is 2. The number of benzene rings is 2. The quantitative estimate of drug-likeness (QED) is 0.0835. The summed E-state index contributed by atoms with van der Waals surface area (Å²) in [6.45, 7) is 8.41. The number of anilines is 7. The highest BCUT2D eigenvalue weighted by molar-refractivity contribution is 7.20. The maximum absolute atomic E-state index is 11.8. The minimum absolute atomic E-state index is 0.206. The van der Waals surface area contributed by atoms with Gasteiger partial charge in [-0.25, -0.2) is 4.79 Å². The molecule has 0 saturated carbocycles. The summed E-state index contributed by atoms with van der Waals surface area (Å²) in [5.41, 5.74) is 25.2. The third-order valence-electron chi connectivity index (χ3n) is 6.31. The summed E-state index contributed by atoms with van der Waals surface area (Å²) >= 11 is 2.89. The molecule has 5 rings (SSSR count). The number of carbonyl (C=O) groups is 1. The van der Waals surface area contributed by atoms with E-state index in [2.05, 4.69) is 72.8 Å². The zero-order valence-corrected chi connectivity index (χ0v) is 24.3. The summed E-state index contributed by atoms with van der Waals surface area (Å²) in [6.07, 6.45) is 2.56. The van der Waals surface area contributed by atoms with Crippen molar-refractivity contribution in [2.24, 2.45) is 0 Å². The van der Waals surface area contributed by atoms with Crippen molar-refractivity contribution >= 4 is 66.5 Å². The molecule has 40 heavy (non-hydrogen) atoms. The first kappa shape index (κ1) is 27.3. The summed E-state index contributed by atoms with van der Waals surface area (Å²) in [7, 11) is 0. The maximum atomic E-state index is 11.8. The molecule has 0 amide bonds. The predicted molar refractivity (Wildman–Crippen MR) is 166 cm³/mol. The number of hydrogen-bond donors (Lipinski definition) is 6. The predicted octanol–water partition coefficient (Wildman–Crippen LogP) is 6.31. The number of nitrogens with one attached hydrogen (secondary N) is 6. The summed E-state index contributed by atoms with van der Waals surface area (Å²) in [6, 6.07) is 16.4. The van der Waals surface area contributed by atoms with E-state index in [4.69, 9.17) is 4.74 Å². The van der Waals surface area contributed by atoms with Crippen LogP contribution in [-0.2, 0) is 4.74 Å². The van der Waals surface area contributed by atoms with E-state index in [1.165, 1.54) is 17.8 Å². The van der Waals surface area contributed by atoms with Gasteiger partial charge >= 0.3 is 5.97 Å². The van der Waals surface area contributed by atoms with Gasteiger partial charge in [-0.3, -0.25) is 16.3 Å². The second-order valence-corrected chi connectivity index (χ2v) is 11.3. The molecule has 0 aliphatic carbocycles. The van der Waals surface area contributed by atoms with Crippen molar-refractivity contribution in [2.75, 3.05) is 57.2 Å². The Morgan fingerprint density at radius 2 is 1.48 bits per heavy atom. The fraction of sp³-hybridized carbons (Fsp3) is 0.296. The number of ether oxygens (including phenoxy) is 1. The van der Waals surface area contributed by atoms with Gasteiger partial charge in [-0.1, -0.05) is 22.7 Å². The molecule has 0 spiro atoms. The highest BCUT2D eigenvalue weighted by Crippen LogP contribution is 2.32. The maximum Gasteiger partial charge on any atom is 0.369 e. The van der Waals surface area contributed by atoms with Crippen molar-refractivity contribution in [3.63, 3.8) is 0 Å². The van der Waals surface area contributed by atoms with Crippen molar-refractivity contribution in [1.29, 1.82) is 0 Å². The number of carbonyl (C=O) groups excluding carboxylic acids is 1. The van der Waals surface area contributed by atoms with Crippen LogP contribution in [0.3, 0.4) is 0 Å². The fourth-order valence-electron chi connectivity index (χ4n) is 4.21. The van der Waals surface area contributed by atoms with Gasteiger partial charge in [0.1, 0.15) is 5.00 Å². The number of nitrogens with zero attached hydrogens (tertiary/aromatic N) is 3. The lowest BCUT2D eigenvalue weighted by Gasteiger charge is -2.16. The molecule has 1 aliphatic heterocycles. The van der Waals surface area contributed by atoms with Crippen LogP contribution in [0.5, 0.6) is 0 Å². The molecule has 0 atom stereocenters. The molecular formula is C27H33N9O2S2. The van der Waals surface area contributed by atoms with Gasteiger partial charge in [0, 0.05) is 13.1 Å². The molecule has 11 nitrogen and oxygen atoms in total. The van der Waals surface area contributed by atoms with Crippen LogP contribution in [0.2, 0.25) is 0 Å². The number of thiophene rings is 1. The zero-order valence-electron chi connectivity index (χ0n) is 22.6. The SMILES string of the molecule is CCOC(=O)c1nnc(NNc2ccc(NNc3ccc(NNc4ccc(N5CCCC5)s4)cc3C)cc2C)s1. The van der Waals surface area contributed by atoms with Crippen LogP contribution in [0, 0.1) is 13.8 Å². The Hall–Kier alpha value is -4.23. The lowest BCUT2D eigenvalue weighted by Crippen LogP contribution is -2.15. The first-order valence-corrected chi connectivity index (χ1v) is 14.7. The third-order valence-corrected chi connectivity index (χ3v) is 8.19. The molecule has 0 unspecified atom stereocenters. The van der Waals surface area contributed by atoms with Gasteiger partial charge in [0.2, 0.25) is 10.1 Å². The van der Waals surface area contributed by atoms with Gasteiger partial charge in [-0.05, 0) is 93.3 Å². The number of hydrazine groups is 3. The standard InChI is InChI=1S/C27H33N9O2S2/c1-4-38-26(37)25-33-35-27(40-25)34-31-22-10-7-19(15-18(22)3)28-30-21-9-8-20(16-17(21)2)29-32-23-11-12-24(39-23)36-13-5-6-14-36/h7-12,15-16,28-32H,4-6,13-14H2,1-3H3,(H,34,35). The van der Waals surface area contributed by atoms with Crippen LogP contribution in [0.4, 0.5) is 37.9 Å². The highest BCUT2D eigenvalue weighted by Gasteiger charge is 2.15. The highest BCUT2D eigenvalue weighted by atomic mass is 32.1. The van der Waals surface area contributed by atoms with E-state index in [0.29, 0.717) is 11.7 Å².